The van der Waals surface area contributed by atoms with Crippen molar-refractivity contribution in [1.29, 1.82) is 0 Å². The molecule has 0 bridgehead atoms. The van der Waals surface area contributed by atoms with Gasteiger partial charge in [-0.15, -0.1) is 0 Å². The Morgan fingerprint density at radius 1 is 1.31 bits per heavy atom. The molecular formula is C19H24N4O3. The fourth-order valence-electron chi connectivity index (χ4n) is 2.56. The van der Waals surface area contributed by atoms with E-state index in [0.717, 1.165) is 5.57 Å². The van der Waals surface area contributed by atoms with E-state index in [1.165, 1.54) is 6.20 Å². The average molecular weight is 356 g/mol. The lowest BCUT2D eigenvalue weighted by Crippen LogP contribution is -2.35. The summed E-state index contributed by atoms with van der Waals surface area (Å²) >= 11 is 0. The second-order valence-corrected chi connectivity index (χ2v) is 5.90. The topological polar surface area (TPSA) is 77.3 Å². The Labute approximate surface area is 153 Å². The van der Waals surface area contributed by atoms with Crippen LogP contribution in [0.25, 0.3) is 5.82 Å². The molecule has 0 saturated carbocycles. The number of carbonyl (C=O) groups is 2. The van der Waals surface area contributed by atoms with E-state index in [-0.39, 0.29) is 12.5 Å². The number of amides is 1. The predicted octanol–water partition coefficient (Wildman–Crippen LogP) is 2.41. The van der Waals surface area contributed by atoms with Gasteiger partial charge in [0, 0.05) is 19.3 Å². The molecule has 1 amide bonds. The van der Waals surface area contributed by atoms with Crippen molar-refractivity contribution in [1.82, 2.24) is 19.7 Å². The van der Waals surface area contributed by atoms with Crippen molar-refractivity contribution in [3.8, 4) is 5.82 Å². The maximum absolute atomic E-state index is 12.4. The van der Waals surface area contributed by atoms with Gasteiger partial charge in [-0.3, -0.25) is 4.79 Å². The van der Waals surface area contributed by atoms with E-state index in [0.29, 0.717) is 36.6 Å². The summed E-state index contributed by atoms with van der Waals surface area (Å²) in [4.78, 5) is 30.5. The number of nitrogens with zero attached hydrogens (tertiary/aromatic N) is 4. The molecule has 0 aliphatic carbocycles. The van der Waals surface area contributed by atoms with Crippen LogP contribution in [0.4, 0.5) is 0 Å². The number of hydrogen-bond acceptors (Lipinski definition) is 5. The Bertz CT molecular complexity index is 783. The van der Waals surface area contributed by atoms with Crippen LogP contribution in [0.1, 0.15) is 36.8 Å². The lowest BCUT2D eigenvalue weighted by Gasteiger charge is -2.20. The molecule has 7 nitrogen and oxygen atoms in total. The third-order valence-corrected chi connectivity index (χ3v) is 3.81. The molecular weight excluding hydrogens is 332 g/mol. The fraction of sp³-hybridized carbons (Fsp3) is 0.368. The van der Waals surface area contributed by atoms with E-state index in [1.807, 2.05) is 39.0 Å². The highest BCUT2D eigenvalue weighted by atomic mass is 16.5. The number of hydrogen-bond donors (Lipinski definition) is 0. The van der Waals surface area contributed by atoms with E-state index in [9.17, 15) is 9.59 Å². The Morgan fingerprint density at radius 3 is 2.65 bits per heavy atom. The number of likely N-dealkylation sites (N-methyl/N-ethyl adjacent to an activating group) is 1. The number of pyridine rings is 1. The Kier molecular flexibility index (Phi) is 6.66. The Balaban J connectivity index is 2.09. The molecule has 2 heterocycles. The highest BCUT2D eigenvalue weighted by Crippen LogP contribution is 2.15. The first-order chi connectivity index (χ1) is 12.5. The highest BCUT2D eigenvalue weighted by Gasteiger charge is 2.21. The number of rotatable bonds is 8. The number of aromatic nitrogens is 3. The quantitative estimate of drug-likeness (QED) is 0.536. The summed E-state index contributed by atoms with van der Waals surface area (Å²) in [6.07, 6.45) is 3.69. The molecule has 0 aromatic carbocycles. The lowest BCUT2D eigenvalue weighted by molar-refractivity contribution is -0.133. The van der Waals surface area contributed by atoms with Crippen molar-refractivity contribution >= 4 is 11.9 Å². The van der Waals surface area contributed by atoms with E-state index < -0.39 is 5.97 Å². The summed E-state index contributed by atoms with van der Waals surface area (Å²) in [7, 11) is 0. The monoisotopic (exact) mass is 356 g/mol. The zero-order valence-corrected chi connectivity index (χ0v) is 15.4. The summed E-state index contributed by atoms with van der Waals surface area (Å²) in [5, 5.41) is 4.24. The van der Waals surface area contributed by atoms with Gasteiger partial charge in [0.05, 0.1) is 11.9 Å². The van der Waals surface area contributed by atoms with E-state index in [4.69, 9.17) is 4.74 Å². The van der Waals surface area contributed by atoms with Crippen molar-refractivity contribution in [2.75, 3.05) is 19.7 Å². The van der Waals surface area contributed by atoms with Crippen molar-refractivity contribution in [2.24, 2.45) is 0 Å². The fourth-order valence-corrected chi connectivity index (χ4v) is 2.56. The standard InChI is InChI=1S/C19H24N4O3/c1-5-16-15(11-21-23(16)17-9-7-8-10-20-17)19(25)26-13-18(24)22(6-2)12-14(3)4/h7-11H,3,5-6,12-13H2,1-2,4H3. The molecule has 7 heteroatoms. The second-order valence-electron chi connectivity index (χ2n) is 5.90. The molecule has 0 aliphatic rings. The summed E-state index contributed by atoms with van der Waals surface area (Å²) in [6, 6.07) is 5.46. The molecule has 0 N–H and O–H groups in total. The number of esters is 1. The van der Waals surface area contributed by atoms with E-state index in [1.54, 1.807) is 15.8 Å². The first-order valence-electron chi connectivity index (χ1n) is 8.55. The van der Waals surface area contributed by atoms with Gasteiger partial charge in [-0.05, 0) is 32.4 Å². The maximum atomic E-state index is 12.4. The lowest BCUT2D eigenvalue weighted by atomic mass is 10.2. The first-order valence-corrected chi connectivity index (χ1v) is 8.55. The predicted molar refractivity (Wildman–Crippen MR) is 98.1 cm³/mol. The van der Waals surface area contributed by atoms with Crippen molar-refractivity contribution in [2.45, 2.75) is 27.2 Å². The molecule has 0 radical (unpaired) electrons. The Morgan fingerprint density at radius 2 is 2.08 bits per heavy atom. The van der Waals surface area contributed by atoms with Crippen LogP contribution in [0.2, 0.25) is 0 Å². The van der Waals surface area contributed by atoms with Crippen LogP contribution in [0.5, 0.6) is 0 Å². The molecule has 0 fully saturated rings. The zero-order chi connectivity index (χ0) is 19.1. The summed E-state index contributed by atoms with van der Waals surface area (Å²) in [5.74, 6) is -0.194. The molecule has 138 valence electrons. The zero-order valence-electron chi connectivity index (χ0n) is 15.4. The van der Waals surface area contributed by atoms with Gasteiger partial charge >= 0.3 is 5.97 Å². The van der Waals surface area contributed by atoms with E-state index >= 15 is 0 Å². The van der Waals surface area contributed by atoms with Gasteiger partial charge in [-0.1, -0.05) is 25.1 Å². The third-order valence-electron chi connectivity index (χ3n) is 3.81. The van der Waals surface area contributed by atoms with Crippen LogP contribution in [-0.2, 0) is 16.0 Å². The molecule has 2 aromatic rings. The molecule has 0 spiro atoms. The van der Waals surface area contributed by atoms with Crippen molar-refractivity contribution < 1.29 is 14.3 Å². The van der Waals surface area contributed by atoms with E-state index in [2.05, 4.69) is 16.7 Å². The number of ether oxygens (including phenoxy) is 1. The van der Waals surface area contributed by atoms with Gasteiger partial charge in [0.1, 0.15) is 5.56 Å². The molecule has 2 rings (SSSR count). The van der Waals surface area contributed by atoms with Crippen LogP contribution in [0.3, 0.4) is 0 Å². The summed E-state index contributed by atoms with van der Waals surface area (Å²) in [5.41, 5.74) is 1.90. The minimum atomic E-state index is -0.566. The largest absolute Gasteiger partial charge is 0.452 e. The van der Waals surface area contributed by atoms with Crippen molar-refractivity contribution in [3.05, 3.63) is 54.0 Å². The summed E-state index contributed by atoms with van der Waals surface area (Å²) < 4.78 is 6.82. The summed E-state index contributed by atoms with van der Waals surface area (Å²) in [6.45, 7) is 10.1. The van der Waals surface area contributed by atoms with Gasteiger partial charge in [0.15, 0.2) is 12.4 Å². The minimum absolute atomic E-state index is 0.251. The van der Waals surface area contributed by atoms with Gasteiger partial charge in [-0.2, -0.15) is 5.10 Å². The SMILES string of the molecule is C=C(C)CN(CC)C(=O)COC(=O)c1cnn(-c2ccccn2)c1CC. The third kappa shape index (κ3) is 4.56. The van der Waals surface area contributed by atoms with Gasteiger partial charge < -0.3 is 9.64 Å². The smallest absolute Gasteiger partial charge is 0.342 e. The van der Waals surface area contributed by atoms with Crippen molar-refractivity contribution in [3.63, 3.8) is 0 Å². The van der Waals surface area contributed by atoms with Gasteiger partial charge in [0.2, 0.25) is 0 Å². The van der Waals surface area contributed by atoms with Crippen LogP contribution in [0, 0.1) is 0 Å². The molecule has 0 unspecified atom stereocenters. The molecule has 0 saturated heterocycles. The van der Waals surface area contributed by atoms with Gasteiger partial charge in [-0.25, -0.2) is 14.5 Å². The second kappa shape index (κ2) is 8.94. The molecule has 0 atom stereocenters. The maximum Gasteiger partial charge on any atom is 0.342 e. The van der Waals surface area contributed by atoms with Crippen LogP contribution in [0.15, 0.2) is 42.7 Å². The van der Waals surface area contributed by atoms with Crippen LogP contribution >= 0.6 is 0 Å². The minimum Gasteiger partial charge on any atom is -0.452 e. The van der Waals surface area contributed by atoms with Gasteiger partial charge in [0.25, 0.3) is 5.91 Å². The molecule has 0 aliphatic heterocycles. The normalized spacial score (nSPS) is 10.4. The first kappa shape index (κ1) is 19.4. The van der Waals surface area contributed by atoms with Crippen LogP contribution in [-0.4, -0.2) is 51.2 Å². The Hall–Kier alpha value is -2.96. The molecule has 26 heavy (non-hydrogen) atoms. The average Bonchev–Trinajstić information content (AvgIpc) is 3.08. The highest BCUT2D eigenvalue weighted by molar-refractivity contribution is 5.92. The number of carbonyl (C=O) groups excluding carboxylic acids is 2. The molecule has 2 aromatic heterocycles. The van der Waals surface area contributed by atoms with Crippen LogP contribution < -0.4 is 0 Å².